The number of aliphatic hydroxyl groups excluding tert-OH is 2. The SMILES string of the molecule is CN(C)C1C(O)=C(C(N)=O)C(=O)C2(O)C(O)=C3C(=O)c4c(O)c(N)cc(-c5ccsc5)c4CC3CC12. The van der Waals surface area contributed by atoms with Crippen molar-refractivity contribution in [1.29, 1.82) is 0 Å². The van der Waals surface area contributed by atoms with Crippen LogP contribution in [0.15, 0.2) is 45.6 Å². The van der Waals surface area contributed by atoms with Crippen molar-refractivity contribution in [2.75, 3.05) is 19.8 Å². The number of carbonyl (C=O) groups is 3. The number of thiophene rings is 1. The Hall–Kier alpha value is -3.67. The Labute approximate surface area is 209 Å². The highest BCUT2D eigenvalue weighted by Gasteiger charge is 2.63. The van der Waals surface area contributed by atoms with Crippen molar-refractivity contribution in [3.63, 3.8) is 0 Å². The summed E-state index contributed by atoms with van der Waals surface area (Å²) in [7, 11) is 3.17. The maximum absolute atomic E-state index is 13.8. The molecule has 1 amide bonds. The molecule has 1 aromatic heterocycles. The number of hydrogen-bond donors (Lipinski definition) is 6. The molecular weight excluding hydrogens is 486 g/mol. The fourth-order valence-electron chi connectivity index (χ4n) is 6.01. The number of nitrogens with two attached hydrogens (primary N) is 2. The maximum atomic E-state index is 13.8. The lowest BCUT2D eigenvalue weighted by Crippen LogP contribution is -2.63. The summed E-state index contributed by atoms with van der Waals surface area (Å²) < 4.78 is 0. The van der Waals surface area contributed by atoms with E-state index in [0.717, 1.165) is 5.56 Å². The lowest BCUT2D eigenvalue weighted by molar-refractivity contribution is -0.148. The van der Waals surface area contributed by atoms with Crippen molar-refractivity contribution >= 4 is 34.5 Å². The van der Waals surface area contributed by atoms with Gasteiger partial charge in [0.25, 0.3) is 5.91 Å². The molecule has 36 heavy (non-hydrogen) atoms. The van der Waals surface area contributed by atoms with Gasteiger partial charge in [0, 0.05) is 11.5 Å². The Morgan fingerprint density at radius 2 is 1.92 bits per heavy atom. The first-order valence-corrected chi connectivity index (χ1v) is 12.2. The molecule has 0 spiro atoms. The van der Waals surface area contributed by atoms with Gasteiger partial charge in [-0.05, 0) is 72.4 Å². The predicted octanol–water partition coefficient (Wildman–Crippen LogP) is 1.43. The Kier molecular flexibility index (Phi) is 5.29. The highest BCUT2D eigenvalue weighted by molar-refractivity contribution is 7.08. The number of nitrogens with zero attached hydrogens (tertiary/aromatic N) is 1. The van der Waals surface area contributed by atoms with Crippen LogP contribution in [-0.4, -0.2) is 68.5 Å². The van der Waals surface area contributed by atoms with Gasteiger partial charge in [0.05, 0.1) is 17.3 Å². The zero-order chi connectivity index (χ0) is 26.3. The Morgan fingerprint density at radius 3 is 2.50 bits per heavy atom. The van der Waals surface area contributed by atoms with Crippen LogP contribution in [0.3, 0.4) is 0 Å². The molecule has 10 nitrogen and oxygen atoms in total. The van der Waals surface area contributed by atoms with E-state index in [4.69, 9.17) is 11.5 Å². The molecule has 0 radical (unpaired) electrons. The smallest absolute Gasteiger partial charge is 0.255 e. The van der Waals surface area contributed by atoms with Crippen LogP contribution in [0.4, 0.5) is 5.69 Å². The Balaban J connectivity index is 1.76. The number of ketones is 2. The summed E-state index contributed by atoms with van der Waals surface area (Å²) in [5, 5.41) is 48.3. The molecule has 0 saturated heterocycles. The number of hydrogen-bond acceptors (Lipinski definition) is 10. The van der Waals surface area contributed by atoms with Gasteiger partial charge in [0.2, 0.25) is 5.78 Å². The van der Waals surface area contributed by atoms with Gasteiger partial charge in [-0.25, -0.2) is 0 Å². The second kappa shape index (κ2) is 7.92. The van der Waals surface area contributed by atoms with Crippen molar-refractivity contribution in [3.8, 4) is 16.9 Å². The molecule has 4 atom stereocenters. The van der Waals surface area contributed by atoms with Gasteiger partial charge in [-0.1, -0.05) is 0 Å². The van der Waals surface area contributed by atoms with E-state index < -0.39 is 63.8 Å². The third-order valence-electron chi connectivity index (χ3n) is 7.58. The molecule has 3 aliphatic carbocycles. The lowest BCUT2D eigenvalue weighted by Gasteiger charge is -2.50. The van der Waals surface area contributed by atoms with Crippen LogP contribution < -0.4 is 11.5 Å². The molecule has 5 rings (SSSR count). The number of carbonyl (C=O) groups excluding carboxylic acids is 3. The van der Waals surface area contributed by atoms with Crippen molar-refractivity contribution in [2.24, 2.45) is 17.6 Å². The van der Waals surface area contributed by atoms with E-state index in [9.17, 15) is 34.8 Å². The van der Waals surface area contributed by atoms with Crippen LogP contribution in [0.25, 0.3) is 11.1 Å². The number of primary amides is 1. The molecule has 2 aromatic rings. The summed E-state index contributed by atoms with van der Waals surface area (Å²) in [6.07, 6.45) is 0.230. The van der Waals surface area contributed by atoms with E-state index in [2.05, 4.69) is 0 Å². The van der Waals surface area contributed by atoms with E-state index in [1.165, 1.54) is 16.2 Å². The molecule has 3 aliphatic rings. The Morgan fingerprint density at radius 1 is 1.22 bits per heavy atom. The van der Waals surface area contributed by atoms with Gasteiger partial charge in [0.15, 0.2) is 11.4 Å². The lowest BCUT2D eigenvalue weighted by atomic mass is 9.58. The van der Waals surface area contributed by atoms with Gasteiger partial charge >= 0.3 is 0 Å². The fourth-order valence-corrected chi connectivity index (χ4v) is 6.67. The van der Waals surface area contributed by atoms with E-state index >= 15 is 0 Å². The van der Waals surface area contributed by atoms with Crippen LogP contribution in [-0.2, 0) is 16.0 Å². The number of fused-ring (bicyclic) bond motifs is 3. The largest absolute Gasteiger partial charge is 0.510 e. The van der Waals surface area contributed by atoms with Gasteiger partial charge in [-0.3, -0.25) is 19.3 Å². The summed E-state index contributed by atoms with van der Waals surface area (Å²) >= 11 is 1.46. The second-order valence-corrected chi connectivity index (χ2v) is 10.5. The maximum Gasteiger partial charge on any atom is 0.255 e. The summed E-state index contributed by atoms with van der Waals surface area (Å²) in [5.74, 6) is -6.96. The van der Waals surface area contributed by atoms with Crippen molar-refractivity contribution in [1.82, 2.24) is 4.90 Å². The van der Waals surface area contributed by atoms with Gasteiger partial charge < -0.3 is 31.9 Å². The zero-order valence-electron chi connectivity index (χ0n) is 19.5. The molecule has 4 unspecified atom stereocenters. The van der Waals surface area contributed by atoms with Crippen molar-refractivity contribution < 1.29 is 34.8 Å². The van der Waals surface area contributed by atoms with Crippen molar-refractivity contribution in [2.45, 2.75) is 24.5 Å². The van der Waals surface area contributed by atoms with E-state index in [1.54, 1.807) is 20.2 Å². The molecular formula is C25H25N3O7S. The predicted molar refractivity (Wildman–Crippen MR) is 131 cm³/mol. The molecule has 188 valence electrons. The van der Waals surface area contributed by atoms with E-state index in [1.807, 2.05) is 16.8 Å². The topological polar surface area (TPSA) is 187 Å². The van der Waals surface area contributed by atoms with Gasteiger partial charge in [0.1, 0.15) is 22.8 Å². The van der Waals surface area contributed by atoms with Crippen LogP contribution >= 0.6 is 11.3 Å². The van der Waals surface area contributed by atoms with Crippen LogP contribution in [0, 0.1) is 11.8 Å². The number of allylic oxidation sites excluding steroid dienone is 1. The number of Topliss-reactive ketones (excluding diaryl/α,β-unsaturated/α-hetero) is 2. The Bertz CT molecular complexity index is 1410. The number of rotatable bonds is 3. The minimum atomic E-state index is -2.67. The third kappa shape index (κ3) is 3.00. The summed E-state index contributed by atoms with van der Waals surface area (Å²) in [6, 6.07) is 2.42. The molecule has 0 aliphatic heterocycles. The molecule has 0 bridgehead atoms. The highest BCUT2D eigenvalue weighted by Crippen LogP contribution is 2.53. The number of likely N-dealkylation sites (N-methyl/N-ethyl adjacent to an activating group) is 1. The quantitative estimate of drug-likeness (QED) is 0.201. The normalized spacial score (nSPS) is 27.7. The number of amides is 1. The average Bonchev–Trinajstić information content (AvgIpc) is 3.33. The first-order valence-electron chi connectivity index (χ1n) is 11.2. The summed E-state index contributed by atoms with van der Waals surface area (Å²) in [6.45, 7) is 0. The third-order valence-corrected chi connectivity index (χ3v) is 8.27. The van der Waals surface area contributed by atoms with Crippen LogP contribution in [0.2, 0.25) is 0 Å². The standard InChI is InChI=1S/C25H25N3O7S/c1-28(2)18-13-6-10-5-12-11(9-3-4-36-8-9)7-14(26)19(29)16(12)20(30)15(10)22(32)25(13,35)23(33)17(21(18)31)24(27)34/h3-4,7-8,10,13,18,29,31-32,35H,5-6,26H2,1-2H3,(H2,27,34). The monoisotopic (exact) mass is 511 g/mol. The molecule has 1 aromatic carbocycles. The number of nitrogen functional groups attached to an aromatic ring is 1. The minimum Gasteiger partial charge on any atom is -0.510 e. The zero-order valence-corrected chi connectivity index (χ0v) is 20.3. The van der Waals surface area contributed by atoms with Crippen LogP contribution in [0.1, 0.15) is 22.3 Å². The highest BCUT2D eigenvalue weighted by atomic mass is 32.1. The molecule has 0 saturated carbocycles. The number of anilines is 1. The fraction of sp³-hybridized carbons (Fsp3) is 0.320. The number of phenolic OH excluding ortho intramolecular Hbond substituents is 1. The van der Waals surface area contributed by atoms with Crippen molar-refractivity contribution in [3.05, 3.63) is 56.7 Å². The first-order chi connectivity index (χ1) is 16.9. The van der Waals surface area contributed by atoms with Gasteiger partial charge in [-0.2, -0.15) is 11.3 Å². The average molecular weight is 512 g/mol. The molecule has 11 heteroatoms. The number of aliphatic hydroxyl groups is 3. The van der Waals surface area contributed by atoms with Crippen LogP contribution in [0.5, 0.6) is 5.75 Å². The summed E-state index contributed by atoms with van der Waals surface area (Å²) in [4.78, 5) is 40.6. The van der Waals surface area contributed by atoms with E-state index in [0.29, 0.717) is 11.1 Å². The van der Waals surface area contributed by atoms with Gasteiger partial charge in [-0.15, -0.1) is 0 Å². The number of phenols is 1. The van der Waals surface area contributed by atoms with E-state index in [-0.39, 0.29) is 29.7 Å². The molecule has 1 heterocycles. The summed E-state index contributed by atoms with van der Waals surface area (Å²) in [5.41, 5.74) is 9.52. The second-order valence-electron chi connectivity index (χ2n) is 9.69. The molecule has 0 fully saturated rings. The number of aromatic hydroxyl groups is 1. The number of benzene rings is 1. The minimum absolute atomic E-state index is 0.0278. The first kappa shape index (κ1) is 24.0. The molecule has 8 N–H and O–H groups in total.